The van der Waals surface area contributed by atoms with Crippen LogP contribution >= 0.6 is 0 Å². The van der Waals surface area contributed by atoms with Crippen LogP contribution in [-0.2, 0) is 26.3 Å². The average Bonchev–Trinajstić information content (AvgIpc) is 3.44. The molecule has 0 unspecified atom stereocenters. The van der Waals surface area contributed by atoms with Gasteiger partial charge < -0.3 is 10.4 Å². The molecule has 5 aromatic rings. The van der Waals surface area contributed by atoms with E-state index in [0.29, 0.717) is 33.1 Å². The number of benzene rings is 3. The van der Waals surface area contributed by atoms with Gasteiger partial charge in [-0.2, -0.15) is 23.4 Å². The number of carboxylic acids is 1. The SMILES string of the molecule is Cn1cc2c(cc(C(=O)NCc3ccc(C(=O)O)cc3)c3c2cnn3Cc2ccc(C(F)(F)F)cc2)n1. The predicted octanol–water partition coefficient (Wildman–Crippen LogP) is 4.62. The van der Waals surface area contributed by atoms with Gasteiger partial charge in [0, 0.05) is 30.6 Å². The fourth-order valence-corrected chi connectivity index (χ4v) is 4.20. The molecule has 0 atom stereocenters. The van der Waals surface area contributed by atoms with Crippen LogP contribution < -0.4 is 5.32 Å². The molecule has 0 aliphatic carbocycles. The van der Waals surface area contributed by atoms with E-state index in [4.69, 9.17) is 5.11 Å². The van der Waals surface area contributed by atoms with Crippen molar-refractivity contribution >= 4 is 33.7 Å². The third kappa shape index (κ3) is 4.75. The van der Waals surface area contributed by atoms with Crippen LogP contribution in [0.2, 0.25) is 0 Å². The molecule has 0 saturated heterocycles. The van der Waals surface area contributed by atoms with Gasteiger partial charge in [-0.1, -0.05) is 24.3 Å². The summed E-state index contributed by atoms with van der Waals surface area (Å²) in [6, 6.07) is 12.6. The van der Waals surface area contributed by atoms with Gasteiger partial charge in [0.05, 0.1) is 40.5 Å². The van der Waals surface area contributed by atoms with E-state index < -0.39 is 23.6 Å². The molecule has 2 heterocycles. The maximum Gasteiger partial charge on any atom is 0.416 e. The lowest BCUT2D eigenvalue weighted by molar-refractivity contribution is -0.137. The van der Waals surface area contributed by atoms with Crippen LogP contribution in [0.15, 0.2) is 67.0 Å². The highest BCUT2D eigenvalue weighted by atomic mass is 19.4. The maximum absolute atomic E-state index is 13.3. The van der Waals surface area contributed by atoms with Crippen molar-refractivity contribution < 1.29 is 27.9 Å². The molecule has 2 N–H and O–H groups in total. The second kappa shape index (κ2) is 9.08. The Morgan fingerprint density at radius 3 is 2.32 bits per heavy atom. The van der Waals surface area contributed by atoms with Gasteiger partial charge >= 0.3 is 12.1 Å². The van der Waals surface area contributed by atoms with E-state index in [1.54, 1.807) is 40.8 Å². The first-order valence-corrected chi connectivity index (χ1v) is 11.2. The highest BCUT2D eigenvalue weighted by Gasteiger charge is 2.30. The number of aromatic nitrogens is 4. The first-order chi connectivity index (χ1) is 17.6. The van der Waals surface area contributed by atoms with Crippen molar-refractivity contribution in [2.24, 2.45) is 7.05 Å². The fraction of sp³-hybridized carbons (Fsp3) is 0.154. The lowest BCUT2D eigenvalue weighted by Gasteiger charge is -2.11. The molecule has 37 heavy (non-hydrogen) atoms. The molecule has 0 spiro atoms. The molecule has 188 valence electrons. The van der Waals surface area contributed by atoms with Crippen molar-refractivity contribution in [3.8, 4) is 0 Å². The number of amides is 1. The first-order valence-electron chi connectivity index (χ1n) is 11.2. The van der Waals surface area contributed by atoms with Gasteiger partial charge in [0.1, 0.15) is 0 Å². The largest absolute Gasteiger partial charge is 0.478 e. The lowest BCUT2D eigenvalue weighted by Crippen LogP contribution is -2.23. The Kier molecular flexibility index (Phi) is 5.90. The molecular formula is C26H20F3N5O3. The van der Waals surface area contributed by atoms with Gasteiger partial charge in [-0.05, 0) is 41.5 Å². The van der Waals surface area contributed by atoms with Crippen LogP contribution in [0.3, 0.4) is 0 Å². The molecule has 11 heteroatoms. The van der Waals surface area contributed by atoms with Crippen LogP contribution in [0.1, 0.15) is 37.4 Å². The number of fused-ring (bicyclic) bond motifs is 3. The monoisotopic (exact) mass is 507 g/mol. The van der Waals surface area contributed by atoms with Crippen molar-refractivity contribution in [2.75, 3.05) is 0 Å². The number of nitrogens with zero attached hydrogens (tertiary/aromatic N) is 4. The van der Waals surface area contributed by atoms with Gasteiger partial charge in [0.15, 0.2) is 0 Å². The van der Waals surface area contributed by atoms with Gasteiger partial charge in [-0.25, -0.2) is 4.79 Å². The van der Waals surface area contributed by atoms with Crippen molar-refractivity contribution in [3.63, 3.8) is 0 Å². The fourth-order valence-electron chi connectivity index (χ4n) is 4.20. The summed E-state index contributed by atoms with van der Waals surface area (Å²) in [6.45, 7) is 0.317. The van der Waals surface area contributed by atoms with Crippen molar-refractivity contribution in [3.05, 3.63) is 94.8 Å². The van der Waals surface area contributed by atoms with E-state index in [2.05, 4.69) is 15.5 Å². The average molecular weight is 507 g/mol. The van der Waals surface area contributed by atoms with E-state index in [1.165, 1.54) is 24.3 Å². The zero-order chi connectivity index (χ0) is 26.3. The summed E-state index contributed by atoms with van der Waals surface area (Å²) in [5, 5.41) is 22.2. The minimum Gasteiger partial charge on any atom is -0.478 e. The third-order valence-corrected chi connectivity index (χ3v) is 6.04. The number of nitrogens with one attached hydrogen (secondary N) is 1. The number of halogens is 3. The van der Waals surface area contributed by atoms with Crippen LogP contribution in [0, 0.1) is 0 Å². The molecule has 8 nitrogen and oxygen atoms in total. The quantitative estimate of drug-likeness (QED) is 0.349. The molecule has 0 saturated carbocycles. The number of rotatable bonds is 6. The number of carbonyl (C=O) groups is 2. The summed E-state index contributed by atoms with van der Waals surface area (Å²) in [5.74, 6) is -1.43. The number of carboxylic acid groups (broad SMARTS) is 1. The molecule has 1 amide bonds. The van der Waals surface area contributed by atoms with E-state index >= 15 is 0 Å². The summed E-state index contributed by atoms with van der Waals surface area (Å²) in [5.41, 5.74) is 2.15. The Hall–Kier alpha value is -4.67. The van der Waals surface area contributed by atoms with Crippen LogP contribution in [0.4, 0.5) is 13.2 Å². The predicted molar refractivity (Wildman–Crippen MR) is 129 cm³/mol. The smallest absolute Gasteiger partial charge is 0.416 e. The molecular weight excluding hydrogens is 487 g/mol. The van der Waals surface area contributed by atoms with Gasteiger partial charge in [0.2, 0.25) is 0 Å². The summed E-state index contributed by atoms with van der Waals surface area (Å²) >= 11 is 0. The van der Waals surface area contributed by atoms with Crippen molar-refractivity contribution in [2.45, 2.75) is 19.3 Å². The maximum atomic E-state index is 13.3. The Morgan fingerprint density at radius 2 is 1.68 bits per heavy atom. The molecule has 0 aliphatic heterocycles. The van der Waals surface area contributed by atoms with E-state index in [1.807, 2.05) is 6.20 Å². The van der Waals surface area contributed by atoms with Gasteiger partial charge in [0.25, 0.3) is 5.91 Å². The van der Waals surface area contributed by atoms with E-state index in [0.717, 1.165) is 17.5 Å². The molecule has 0 fully saturated rings. The number of alkyl halides is 3. The second-order valence-corrected chi connectivity index (χ2v) is 8.60. The molecule has 2 aromatic heterocycles. The highest BCUT2D eigenvalue weighted by molar-refractivity contribution is 6.15. The van der Waals surface area contributed by atoms with Crippen molar-refractivity contribution in [1.82, 2.24) is 24.9 Å². The topological polar surface area (TPSA) is 102 Å². The molecule has 5 rings (SSSR count). The third-order valence-electron chi connectivity index (χ3n) is 6.04. The Bertz CT molecular complexity index is 1640. The lowest BCUT2D eigenvalue weighted by atomic mass is 10.1. The summed E-state index contributed by atoms with van der Waals surface area (Å²) in [7, 11) is 1.76. The Morgan fingerprint density at radius 1 is 1.00 bits per heavy atom. The standard InChI is InChI=1S/C26H20F3N5O3/c1-33-14-21-20-12-31-34(13-16-4-8-18(9-5-16)26(27,28)29)23(20)19(10-22(21)32-33)24(35)30-11-15-2-6-17(7-3-15)25(36)37/h2-10,12,14H,11,13H2,1H3,(H,30,35)(H,36,37). The van der Waals surface area contributed by atoms with Crippen LogP contribution in [-0.4, -0.2) is 36.5 Å². The van der Waals surface area contributed by atoms with Crippen LogP contribution in [0.5, 0.6) is 0 Å². The molecule has 0 radical (unpaired) electrons. The minimum atomic E-state index is -4.43. The summed E-state index contributed by atoms with van der Waals surface area (Å²) < 4.78 is 42.1. The zero-order valence-corrected chi connectivity index (χ0v) is 19.5. The number of hydrogen-bond acceptors (Lipinski definition) is 4. The second-order valence-electron chi connectivity index (χ2n) is 8.60. The molecule has 0 aliphatic rings. The molecule has 3 aromatic carbocycles. The van der Waals surface area contributed by atoms with E-state index in [-0.39, 0.29) is 18.7 Å². The number of hydrogen-bond donors (Lipinski definition) is 2. The zero-order valence-electron chi connectivity index (χ0n) is 19.5. The number of aryl methyl sites for hydroxylation is 1. The summed E-state index contributed by atoms with van der Waals surface area (Å²) in [6.07, 6.45) is -1.000. The number of carbonyl (C=O) groups excluding carboxylic acids is 1. The normalized spacial score (nSPS) is 11.8. The van der Waals surface area contributed by atoms with E-state index in [9.17, 15) is 22.8 Å². The Balaban J connectivity index is 1.49. The van der Waals surface area contributed by atoms with Gasteiger partial charge in [-0.15, -0.1) is 0 Å². The number of aromatic carboxylic acids is 1. The first kappa shape index (κ1) is 24.0. The van der Waals surface area contributed by atoms with Crippen LogP contribution in [0.25, 0.3) is 21.8 Å². The van der Waals surface area contributed by atoms with Gasteiger partial charge in [-0.3, -0.25) is 14.2 Å². The highest BCUT2D eigenvalue weighted by Crippen LogP contribution is 2.31. The molecule has 0 bridgehead atoms. The van der Waals surface area contributed by atoms with Crippen molar-refractivity contribution in [1.29, 1.82) is 0 Å². The summed E-state index contributed by atoms with van der Waals surface area (Å²) in [4.78, 5) is 24.4. The minimum absolute atomic E-state index is 0.143. The Labute approximate surface area is 207 Å².